The number of benzene rings is 1. The van der Waals surface area contributed by atoms with Crippen molar-refractivity contribution in [1.29, 1.82) is 0 Å². The zero-order chi connectivity index (χ0) is 23.0. The SMILES string of the molecule is CCC1(CNC(=NC)NCCCC(=O)N2CCc3cc(OC)c(OC)cc3C2)CCCC1. The summed E-state index contributed by atoms with van der Waals surface area (Å²) in [5.74, 6) is 2.50. The highest BCUT2D eigenvalue weighted by atomic mass is 16.5. The van der Waals surface area contributed by atoms with Crippen LogP contribution in [0.25, 0.3) is 0 Å². The Labute approximate surface area is 192 Å². The van der Waals surface area contributed by atoms with E-state index in [2.05, 4.69) is 22.5 Å². The maximum atomic E-state index is 12.8. The highest BCUT2D eigenvalue weighted by molar-refractivity contribution is 5.80. The molecule has 0 spiro atoms. The molecule has 1 amide bonds. The molecule has 0 unspecified atom stereocenters. The predicted octanol–water partition coefficient (Wildman–Crippen LogP) is 3.50. The van der Waals surface area contributed by atoms with Crippen molar-refractivity contribution in [2.75, 3.05) is 40.9 Å². The number of amides is 1. The standard InChI is InChI=1S/C25H40N4O3/c1-5-25(11-6-7-12-25)18-28-24(26-2)27-13-8-9-23(30)29-14-10-19-15-21(31-3)22(32-4)16-20(19)17-29/h15-16H,5-14,17-18H2,1-4H3,(H2,26,27,28). The first-order valence-electron chi connectivity index (χ1n) is 12.0. The molecule has 1 fully saturated rings. The molecule has 2 aliphatic rings. The molecule has 0 bridgehead atoms. The molecule has 0 saturated heterocycles. The van der Waals surface area contributed by atoms with Crippen LogP contribution in [-0.2, 0) is 17.8 Å². The topological polar surface area (TPSA) is 75.2 Å². The van der Waals surface area contributed by atoms with Crippen LogP contribution in [0.3, 0.4) is 0 Å². The summed E-state index contributed by atoms with van der Waals surface area (Å²) in [5, 5.41) is 6.88. The fraction of sp³-hybridized carbons (Fsp3) is 0.680. The molecule has 1 heterocycles. The van der Waals surface area contributed by atoms with Crippen LogP contribution in [0.15, 0.2) is 17.1 Å². The number of hydrogen-bond acceptors (Lipinski definition) is 4. The van der Waals surface area contributed by atoms with Crippen LogP contribution in [0, 0.1) is 5.41 Å². The highest BCUT2D eigenvalue weighted by Crippen LogP contribution is 2.40. The molecule has 1 saturated carbocycles. The van der Waals surface area contributed by atoms with Gasteiger partial charge in [0.2, 0.25) is 5.91 Å². The Kier molecular flexibility index (Phi) is 8.65. The quantitative estimate of drug-likeness (QED) is 0.346. The average molecular weight is 445 g/mol. The van der Waals surface area contributed by atoms with Gasteiger partial charge in [0.25, 0.3) is 0 Å². The molecule has 1 aliphatic heterocycles. The molecule has 2 N–H and O–H groups in total. The first kappa shape index (κ1) is 24.2. The first-order valence-corrected chi connectivity index (χ1v) is 12.0. The number of fused-ring (bicyclic) bond motifs is 1. The molecule has 1 aliphatic carbocycles. The Morgan fingerprint density at radius 2 is 1.81 bits per heavy atom. The van der Waals surface area contributed by atoms with E-state index in [0.717, 1.165) is 49.7 Å². The van der Waals surface area contributed by atoms with Crippen molar-refractivity contribution >= 4 is 11.9 Å². The van der Waals surface area contributed by atoms with Gasteiger partial charge < -0.3 is 25.0 Å². The summed E-state index contributed by atoms with van der Waals surface area (Å²) in [7, 11) is 5.10. The van der Waals surface area contributed by atoms with Gasteiger partial charge >= 0.3 is 0 Å². The third-order valence-electron chi connectivity index (χ3n) is 7.20. The number of hydrogen-bond donors (Lipinski definition) is 2. The minimum absolute atomic E-state index is 0.200. The van der Waals surface area contributed by atoms with Crippen LogP contribution in [0.4, 0.5) is 0 Å². The van der Waals surface area contributed by atoms with Crippen LogP contribution in [0.5, 0.6) is 11.5 Å². The Hall–Kier alpha value is -2.44. The Morgan fingerprint density at radius 1 is 1.12 bits per heavy atom. The minimum atomic E-state index is 0.200. The van der Waals surface area contributed by atoms with Gasteiger partial charge in [0.1, 0.15) is 0 Å². The summed E-state index contributed by atoms with van der Waals surface area (Å²) < 4.78 is 10.8. The zero-order valence-electron chi connectivity index (χ0n) is 20.3. The van der Waals surface area contributed by atoms with Gasteiger partial charge in [-0.15, -0.1) is 0 Å². The molecule has 0 radical (unpaired) electrons. The number of nitrogens with zero attached hydrogens (tertiary/aromatic N) is 2. The van der Waals surface area contributed by atoms with Crippen LogP contribution >= 0.6 is 0 Å². The Bertz CT molecular complexity index is 803. The molecule has 1 aromatic carbocycles. The van der Waals surface area contributed by atoms with Crippen LogP contribution < -0.4 is 20.1 Å². The van der Waals surface area contributed by atoms with Crippen molar-refractivity contribution < 1.29 is 14.3 Å². The summed E-state index contributed by atoms with van der Waals surface area (Å²) in [6.07, 6.45) is 8.66. The summed E-state index contributed by atoms with van der Waals surface area (Å²) in [4.78, 5) is 19.1. The third-order valence-corrected chi connectivity index (χ3v) is 7.20. The van der Waals surface area contributed by atoms with Crippen molar-refractivity contribution in [2.24, 2.45) is 10.4 Å². The number of nitrogens with one attached hydrogen (secondary N) is 2. The molecule has 32 heavy (non-hydrogen) atoms. The van der Waals surface area contributed by atoms with Gasteiger partial charge in [0.15, 0.2) is 17.5 Å². The maximum Gasteiger partial charge on any atom is 0.222 e. The number of rotatable bonds is 9. The van der Waals surface area contributed by atoms with Gasteiger partial charge in [0.05, 0.1) is 14.2 Å². The molecular formula is C25H40N4O3. The van der Waals surface area contributed by atoms with E-state index in [-0.39, 0.29) is 5.91 Å². The van der Waals surface area contributed by atoms with Crippen molar-refractivity contribution in [3.8, 4) is 11.5 Å². The fourth-order valence-electron chi connectivity index (χ4n) is 4.97. The molecule has 7 heteroatoms. The lowest BCUT2D eigenvalue weighted by Gasteiger charge is -2.30. The van der Waals surface area contributed by atoms with E-state index >= 15 is 0 Å². The largest absolute Gasteiger partial charge is 0.493 e. The molecule has 1 aromatic rings. The summed E-state index contributed by atoms with van der Waals surface area (Å²) >= 11 is 0. The minimum Gasteiger partial charge on any atom is -0.493 e. The van der Waals surface area contributed by atoms with Gasteiger partial charge in [-0.3, -0.25) is 9.79 Å². The summed E-state index contributed by atoms with van der Waals surface area (Å²) in [6.45, 7) is 5.38. The Morgan fingerprint density at radius 3 is 2.44 bits per heavy atom. The van der Waals surface area contributed by atoms with Gasteiger partial charge in [-0.05, 0) is 60.8 Å². The second kappa shape index (κ2) is 11.4. The van der Waals surface area contributed by atoms with Gasteiger partial charge in [0, 0.05) is 39.6 Å². The Balaban J connectivity index is 1.42. The van der Waals surface area contributed by atoms with Crippen LogP contribution in [0.2, 0.25) is 0 Å². The highest BCUT2D eigenvalue weighted by Gasteiger charge is 2.31. The lowest BCUT2D eigenvalue weighted by atomic mass is 9.83. The van der Waals surface area contributed by atoms with Gasteiger partial charge in [-0.1, -0.05) is 19.8 Å². The van der Waals surface area contributed by atoms with Gasteiger partial charge in [-0.25, -0.2) is 0 Å². The zero-order valence-corrected chi connectivity index (χ0v) is 20.3. The van der Waals surface area contributed by atoms with E-state index in [1.54, 1.807) is 14.2 Å². The van der Waals surface area contributed by atoms with Crippen molar-refractivity contribution in [3.05, 3.63) is 23.3 Å². The molecule has 7 nitrogen and oxygen atoms in total. The second-order valence-electron chi connectivity index (χ2n) is 9.06. The maximum absolute atomic E-state index is 12.8. The molecule has 178 valence electrons. The smallest absolute Gasteiger partial charge is 0.222 e. The summed E-state index contributed by atoms with van der Waals surface area (Å²) in [5.41, 5.74) is 2.79. The number of carbonyl (C=O) groups excluding carboxylic acids is 1. The van der Waals surface area contributed by atoms with E-state index in [4.69, 9.17) is 9.47 Å². The van der Waals surface area contributed by atoms with E-state index in [9.17, 15) is 4.79 Å². The van der Waals surface area contributed by atoms with Gasteiger partial charge in [-0.2, -0.15) is 0 Å². The van der Waals surface area contributed by atoms with Crippen LogP contribution in [-0.4, -0.2) is 57.7 Å². The molecule has 0 atom stereocenters. The monoisotopic (exact) mass is 444 g/mol. The normalized spacial score (nSPS) is 17.6. The number of methoxy groups -OCH3 is 2. The van der Waals surface area contributed by atoms with Crippen molar-refractivity contribution in [2.45, 2.75) is 64.8 Å². The fourth-order valence-corrected chi connectivity index (χ4v) is 4.97. The number of guanidine groups is 1. The number of ether oxygens (including phenoxy) is 2. The molecular weight excluding hydrogens is 404 g/mol. The second-order valence-corrected chi connectivity index (χ2v) is 9.06. The van der Waals surface area contributed by atoms with E-state index in [1.165, 1.54) is 37.7 Å². The van der Waals surface area contributed by atoms with Crippen molar-refractivity contribution in [1.82, 2.24) is 15.5 Å². The molecule has 3 rings (SSSR count). The summed E-state index contributed by atoms with van der Waals surface area (Å²) in [6, 6.07) is 4.03. The van der Waals surface area contributed by atoms with E-state index < -0.39 is 0 Å². The van der Waals surface area contributed by atoms with E-state index in [0.29, 0.717) is 24.1 Å². The lowest BCUT2D eigenvalue weighted by Crippen LogP contribution is -2.43. The predicted molar refractivity (Wildman–Crippen MR) is 128 cm³/mol. The number of aliphatic imine (C=N–C) groups is 1. The third kappa shape index (κ3) is 5.87. The average Bonchev–Trinajstić information content (AvgIpc) is 3.31. The van der Waals surface area contributed by atoms with Crippen molar-refractivity contribution in [3.63, 3.8) is 0 Å². The van der Waals surface area contributed by atoms with E-state index in [1.807, 2.05) is 24.1 Å². The van der Waals surface area contributed by atoms with Crippen LogP contribution in [0.1, 0.15) is 63.0 Å². The molecule has 0 aromatic heterocycles. The first-order chi connectivity index (χ1) is 15.5. The number of carbonyl (C=O) groups is 1. The lowest BCUT2D eigenvalue weighted by molar-refractivity contribution is -0.132.